The van der Waals surface area contributed by atoms with Crippen LogP contribution < -0.4 is 9.46 Å². The number of hydrogen-bond donors (Lipinski definition) is 1. The van der Waals surface area contributed by atoms with E-state index in [1.54, 1.807) is 0 Å². The first-order valence-electron chi connectivity index (χ1n) is 5.38. The van der Waals surface area contributed by atoms with Crippen molar-refractivity contribution in [2.45, 2.75) is 4.90 Å². The lowest BCUT2D eigenvalue weighted by atomic mass is 10.4. The van der Waals surface area contributed by atoms with Crippen LogP contribution in [0.5, 0.6) is 5.88 Å². The average molecular weight is 352 g/mol. The van der Waals surface area contributed by atoms with E-state index in [-0.39, 0.29) is 20.8 Å². The summed E-state index contributed by atoms with van der Waals surface area (Å²) < 4.78 is 44.5. The Labute approximate surface area is 129 Å². The molecule has 0 aliphatic heterocycles. The summed E-state index contributed by atoms with van der Waals surface area (Å²) in [5, 5.41) is -0.0909. The monoisotopic (exact) mass is 351 g/mol. The van der Waals surface area contributed by atoms with Crippen LogP contribution >= 0.6 is 23.2 Å². The minimum absolute atomic E-state index is 0.0665. The smallest absolute Gasteiger partial charge is 0.264 e. The molecule has 0 aliphatic carbocycles. The topological polar surface area (TPSA) is 81.2 Å². The van der Waals surface area contributed by atoms with Crippen molar-refractivity contribution >= 4 is 39.0 Å². The molecule has 1 aromatic carbocycles. The first-order valence-corrected chi connectivity index (χ1v) is 7.62. The van der Waals surface area contributed by atoms with Gasteiger partial charge in [0.15, 0.2) is 0 Å². The van der Waals surface area contributed by atoms with Crippen molar-refractivity contribution < 1.29 is 17.5 Å². The molecule has 0 bridgehead atoms. The number of rotatable bonds is 4. The van der Waals surface area contributed by atoms with Gasteiger partial charge < -0.3 is 4.74 Å². The number of nitrogens with zero attached hydrogens (tertiary/aromatic N) is 2. The molecule has 0 saturated carbocycles. The summed E-state index contributed by atoms with van der Waals surface area (Å²) in [5.41, 5.74) is 0. The molecule has 2 rings (SSSR count). The van der Waals surface area contributed by atoms with Gasteiger partial charge in [-0.3, -0.25) is 4.72 Å². The minimum atomic E-state index is -4.13. The normalized spacial score (nSPS) is 11.2. The molecule has 0 unspecified atom stereocenters. The third-order valence-electron chi connectivity index (χ3n) is 2.34. The average Bonchev–Trinajstić information content (AvgIpc) is 2.41. The van der Waals surface area contributed by atoms with Crippen molar-refractivity contribution in [3.63, 3.8) is 0 Å². The highest BCUT2D eigenvalue weighted by Gasteiger charge is 2.22. The molecule has 2 aromatic rings. The van der Waals surface area contributed by atoms with Crippen molar-refractivity contribution in [3.8, 4) is 5.88 Å². The fourth-order valence-corrected chi connectivity index (χ4v) is 3.21. The molecule has 0 fully saturated rings. The Kier molecular flexibility index (Phi) is 4.50. The Morgan fingerprint density at radius 1 is 1.33 bits per heavy atom. The van der Waals surface area contributed by atoms with Crippen LogP contribution in [0.1, 0.15) is 0 Å². The molecule has 0 saturated heterocycles. The van der Waals surface area contributed by atoms with Gasteiger partial charge in [-0.2, -0.15) is 9.37 Å². The molecule has 1 heterocycles. The second-order valence-electron chi connectivity index (χ2n) is 3.71. The molecule has 0 radical (unpaired) electrons. The summed E-state index contributed by atoms with van der Waals surface area (Å²) in [6.45, 7) is 0. The summed E-state index contributed by atoms with van der Waals surface area (Å²) in [7, 11) is -2.89. The molecule has 10 heteroatoms. The number of methoxy groups -OCH3 is 1. The Hall–Kier alpha value is -1.64. The van der Waals surface area contributed by atoms with Crippen LogP contribution in [0.4, 0.5) is 10.2 Å². The zero-order chi connectivity index (χ0) is 15.6. The molecule has 0 atom stereocenters. The van der Waals surface area contributed by atoms with E-state index in [9.17, 15) is 12.8 Å². The lowest BCUT2D eigenvalue weighted by Gasteiger charge is -2.11. The molecule has 1 aromatic heterocycles. The van der Waals surface area contributed by atoms with Crippen LogP contribution in [0.2, 0.25) is 10.0 Å². The van der Waals surface area contributed by atoms with Gasteiger partial charge in [0, 0.05) is 0 Å². The van der Waals surface area contributed by atoms with Gasteiger partial charge in [0.05, 0.1) is 23.4 Å². The van der Waals surface area contributed by atoms with Crippen LogP contribution in [-0.4, -0.2) is 25.5 Å². The maximum absolute atomic E-state index is 13.1. The minimum Gasteiger partial charge on any atom is -0.478 e. The second kappa shape index (κ2) is 6.00. The molecule has 1 N–H and O–H groups in total. The summed E-state index contributed by atoms with van der Waals surface area (Å²) >= 11 is 11.6. The summed E-state index contributed by atoms with van der Waals surface area (Å²) in [4.78, 5) is 6.68. The van der Waals surface area contributed by atoms with Gasteiger partial charge in [-0.1, -0.05) is 29.3 Å². The highest BCUT2D eigenvalue weighted by Crippen LogP contribution is 2.31. The van der Waals surface area contributed by atoms with Crippen LogP contribution in [0.25, 0.3) is 0 Å². The molecule has 21 heavy (non-hydrogen) atoms. The number of hydrogen-bond acceptors (Lipinski definition) is 5. The van der Waals surface area contributed by atoms with Crippen LogP contribution in [-0.2, 0) is 10.0 Å². The van der Waals surface area contributed by atoms with E-state index < -0.39 is 21.8 Å². The number of benzene rings is 1. The summed E-state index contributed by atoms with van der Waals surface area (Å²) in [6.07, 6.45) is 0.795. The first kappa shape index (κ1) is 15.7. The first-order chi connectivity index (χ1) is 9.85. The Morgan fingerprint density at radius 2 is 2.05 bits per heavy atom. The van der Waals surface area contributed by atoms with E-state index >= 15 is 0 Å². The van der Waals surface area contributed by atoms with E-state index in [2.05, 4.69) is 14.7 Å². The van der Waals surface area contributed by atoms with Gasteiger partial charge in [0.25, 0.3) is 15.9 Å². The Morgan fingerprint density at radius 3 is 2.71 bits per heavy atom. The number of nitrogens with one attached hydrogen (secondary N) is 1. The molecule has 112 valence electrons. The maximum Gasteiger partial charge on any atom is 0.264 e. The van der Waals surface area contributed by atoms with Gasteiger partial charge in [-0.05, 0) is 12.1 Å². The van der Waals surface area contributed by atoms with Crippen molar-refractivity contribution in [1.29, 1.82) is 0 Å². The summed E-state index contributed by atoms with van der Waals surface area (Å²) in [5.74, 6) is -1.54. The van der Waals surface area contributed by atoms with E-state index in [0.29, 0.717) is 0 Å². The zero-order valence-corrected chi connectivity index (χ0v) is 12.8. The molecule has 0 spiro atoms. The van der Waals surface area contributed by atoms with E-state index in [1.165, 1.54) is 25.3 Å². The molecular formula is C11H8Cl2FN3O3S. The Balaban J connectivity index is 2.47. The van der Waals surface area contributed by atoms with Crippen LogP contribution in [0.15, 0.2) is 29.3 Å². The van der Waals surface area contributed by atoms with Crippen molar-refractivity contribution in [2.24, 2.45) is 0 Å². The van der Waals surface area contributed by atoms with Gasteiger partial charge in [0.1, 0.15) is 4.90 Å². The molecule has 6 nitrogen and oxygen atoms in total. The van der Waals surface area contributed by atoms with Crippen LogP contribution in [0.3, 0.4) is 0 Å². The number of ether oxygens (including phenoxy) is 1. The van der Waals surface area contributed by atoms with Gasteiger partial charge in [-0.15, -0.1) is 0 Å². The van der Waals surface area contributed by atoms with Gasteiger partial charge in [0.2, 0.25) is 11.8 Å². The third kappa shape index (κ3) is 3.34. The fraction of sp³-hybridized carbons (Fsp3) is 0.0909. The second-order valence-corrected chi connectivity index (χ2v) is 6.14. The molecule has 0 aliphatic rings. The van der Waals surface area contributed by atoms with Gasteiger partial charge in [-0.25, -0.2) is 13.4 Å². The van der Waals surface area contributed by atoms with Crippen molar-refractivity contribution in [3.05, 3.63) is 40.4 Å². The van der Waals surface area contributed by atoms with E-state index in [1.807, 2.05) is 0 Å². The largest absolute Gasteiger partial charge is 0.478 e. The lowest BCUT2D eigenvalue weighted by Crippen LogP contribution is -2.16. The highest BCUT2D eigenvalue weighted by atomic mass is 35.5. The van der Waals surface area contributed by atoms with E-state index in [0.717, 1.165) is 6.20 Å². The SMILES string of the molecule is COc1ncc(F)nc1NS(=O)(=O)c1cccc(Cl)c1Cl. The fourth-order valence-electron chi connectivity index (χ4n) is 1.45. The molecule has 0 amide bonds. The highest BCUT2D eigenvalue weighted by molar-refractivity contribution is 7.92. The third-order valence-corrected chi connectivity index (χ3v) is 4.65. The van der Waals surface area contributed by atoms with Crippen molar-refractivity contribution in [2.75, 3.05) is 11.8 Å². The predicted octanol–water partition coefficient (Wildman–Crippen LogP) is 2.73. The van der Waals surface area contributed by atoms with Gasteiger partial charge >= 0.3 is 0 Å². The lowest BCUT2D eigenvalue weighted by molar-refractivity contribution is 0.394. The quantitative estimate of drug-likeness (QED) is 0.915. The number of aromatic nitrogens is 2. The van der Waals surface area contributed by atoms with Crippen molar-refractivity contribution in [1.82, 2.24) is 9.97 Å². The zero-order valence-electron chi connectivity index (χ0n) is 10.5. The van der Waals surface area contributed by atoms with E-state index in [4.69, 9.17) is 27.9 Å². The standard InChI is InChI=1S/C11H8Cl2FN3O3S/c1-20-11-10(16-8(14)5-15-11)17-21(18,19)7-4-2-3-6(12)9(7)13/h2-5H,1H3,(H,16,17). The summed E-state index contributed by atoms with van der Waals surface area (Å²) in [6, 6.07) is 4.10. The van der Waals surface area contributed by atoms with Crippen LogP contribution in [0, 0.1) is 5.95 Å². The number of anilines is 1. The number of halogens is 3. The Bertz CT molecular complexity index is 786. The maximum atomic E-state index is 13.1. The predicted molar refractivity (Wildman–Crippen MR) is 75.8 cm³/mol. The molecular weight excluding hydrogens is 344 g/mol. The number of sulfonamides is 1.